The molecule has 0 amide bonds. The number of fused-ring (bicyclic) bond motifs is 1. The molecule has 0 aliphatic carbocycles. The lowest BCUT2D eigenvalue weighted by Crippen LogP contribution is -1.64. The Morgan fingerprint density at radius 1 is 1.50 bits per heavy atom. The van der Waals surface area contributed by atoms with E-state index in [1.165, 1.54) is 11.3 Å². The summed E-state index contributed by atoms with van der Waals surface area (Å²) in [6.07, 6.45) is 3.46. The van der Waals surface area contributed by atoms with Crippen LogP contribution in [0.1, 0.15) is 0 Å². The first-order chi connectivity index (χ1) is 4.86. The van der Waals surface area contributed by atoms with Crippen molar-refractivity contribution < 1.29 is 5.11 Å². The molecule has 2 rings (SSSR count). The fourth-order valence-electron chi connectivity index (χ4n) is 0.870. The van der Waals surface area contributed by atoms with Crippen LogP contribution in [0.3, 0.4) is 0 Å². The maximum Gasteiger partial charge on any atom is 0.172 e. The van der Waals surface area contributed by atoms with Gasteiger partial charge in [-0.3, -0.25) is 4.98 Å². The standard InChI is InChI=1S/C7H5NOS/c9-7-3-5-4-8-2-1-6(5)10-7/h1-4,9H. The summed E-state index contributed by atoms with van der Waals surface area (Å²) in [6, 6.07) is 3.60. The van der Waals surface area contributed by atoms with Crippen molar-refractivity contribution in [2.45, 2.75) is 0 Å². The van der Waals surface area contributed by atoms with Crippen LogP contribution in [0.15, 0.2) is 24.5 Å². The van der Waals surface area contributed by atoms with Gasteiger partial charge in [-0.25, -0.2) is 0 Å². The summed E-state index contributed by atoms with van der Waals surface area (Å²) < 4.78 is 1.08. The lowest BCUT2D eigenvalue weighted by molar-refractivity contribution is 0.491. The molecule has 0 fully saturated rings. The van der Waals surface area contributed by atoms with E-state index in [4.69, 9.17) is 5.11 Å². The molecule has 0 aliphatic heterocycles. The molecule has 0 bridgehead atoms. The lowest BCUT2D eigenvalue weighted by Gasteiger charge is -1.81. The second-order valence-electron chi connectivity index (χ2n) is 2.00. The quantitative estimate of drug-likeness (QED) is 0.624. The van der Waals surface area contributed by atoms with Crippen LogP contribution in [0.25, 0.3) is 10.1 Å². The number of hydrogen-bond acceptors (Lipinski definition) is 3. The Morgan fingerprint density at radius 3 is 3.20 bits per heavy atom. The van der Waals surface area contributed by atoms with E-state index in [2.05, 4.69) is 4.98 Å². The zero-order chi connectivity index (χ0) is 6.97. The molecule has 10 heavy (non-hydrogen) atoms. The van der Waals surface area contributed by atoms with Gasteiger partial charge in [-0.05, 0) is 6.07 Å². The van der Waals surface area contributed by atoms with Crippen LogP contribution in [0, 0.1) is 0 Å². The first-order valence-corrected chi connectivity index (χ1v) is 3.70. The van der Waals surface area contributed by atoms with Gasteiger partial charge in [-0.2, -0.15) is 0 Å². The van der Waals surface area contributed by atoms with Gasteiger partial charge in [0.15, 0.2) is 5.06 Å². The Bertz CT molecular complexity index is 322. The third-order valence-corrected chi connectivity index (χ3v) is 2.22. The molecule has 50 valence electrons. The summed E-state index contributed by atoms with van der Waals surface area (Å²) in [5.41, 5.74) is 0. The Hall–Kier alpha value is -1.09. The predicted molar refractivity (Wildman–Crippen MR) is 41.3 cm³/mol. The van der Waals surface area contributed by atoms with Gasteiger partial charge in [-0.15, -0.1) is 0 Å². The number of thiophene rings is 1. The fourth-order valence-corrected chi connectivity index (χ4v) is 1.64. The van der Waals surface area contributed by atoms with Gasteiger partial charge in [0.25, 0.3) is 0 Å². The van der Waals surface area contributed by atoms with E-state index in [1.807, 2.05) is 6.07 Å². The van der Waals surface area contributed by atoms with E-state index in [9.17, 15) is 0 Å². The fraction of sp³-hybridized carbons (Fsp3) is 0. The highest BCUT2D eigenvalue weighted by Gasteiger charge is 1.96. The molecule has 0 unspecified atom stereocenters. The van der Waals surface area contributed by atoms with Crippen LogP contribution in [-0.2, 0) is 0 Å². The normalized spacial score (nSPS) is 10.4. The summed E-state index contributed by atoms with van der Waals surface area (Å²) in [4.78, 5) is 3.92. The maximum absolute atomic E-state index is 9.05. The Labute approximate surface area is 61.8 Å². The molecular formula is C7H5NOS. The van der Waals surface area contributed by atoms with Gasteiger partial charge in [-0.1, -0.05) is 11.3 Å². The van der Waals surface area contributed by atoms with E-state index >= 15 is 0 Å². The molecule has 1 N–H and O–H groups in total. The number of aromatic nitrogens is 1. The third-order valence-electron chi connectivity index (χ3n) is 1.30. The van der Waals surface area contributed by atoms with Gasteiger partial charge in [0, 0.05) is 28.5 Å². The van der Waals surface area contributed by atoms with Crippen molar-refractivity contribution in [2.75, 3.05) is 0 Å². The molecule has 0 aromatic carbocycles. The van der Waals surface area contributed by atoms with Crippen LogP contribution in [0.5, 0.6) is 5.06 Å². The maximum atomic E-state index is 9.05. The van der Waals surface area contributed by atoms with Crippen LogP contribution in [-0.4, -0.2) is 10.1 Å². The smallest absolute Gasteiger partial charge is 0.172 e. The van der Waals surface area contributed by atoms with Crippen molar-refractivity contribution in [1.29, 1.82) is 0 Å². The van der Waals surface area contributed by atoms with E-state index in [-0.39, 0.29) is 0 Å². The second kappa shape index (κ2) is 1.95. The number of aromatic hydroxyl groups is 1. The summed E-state index contributed by atoms with van der Waals surface area (Å²) >= 11 is 1.37. The number of hydrogen-bond donors (Lipinski definition) is 1. The van der Waals surface area contributed by atoms with Gasteiger partial charge >= 0.3 is 0 Å². The van der Waals surface area contributed by atoms with E-state index < -0.39 is 0 Å². The zero-order valence-electron chi connectivity index (χ0n) is 5.11. The predicted octanol–water partition coefficient (Wildman–Crippen LogP) is 2.00. The molecule has 2 aromatic heterocycles. The minimum Gasteiger partial charge on any atom is -0.499 e. The number of pyridine rings is 1. The van der Waals surface area contributed by atoms with Crippen molar-refractivity contribution in [2.24, 2.45) is 0 Å². The highest BCUT2D eigenvalue weighted by atomic mass is 32.1. The van der Waals surface area contributed by atoms with Gasteiger partial charge in [0.1, 0.15) is 0 Å². The topological polar surface area (TPSA) is 33.1 Å². The van der Waals surface area contributed by atoms with Crippen LogP contribution in [0.2, 0.25) is 0 Å². The Balaban J connectivity index is 2.88. The summed E-state index contributed by atoms with van der Waals surface area (Å²) in [6.45, 7) is 0. The lowest BCUT2D eigenvalue weighted by atomic mass is 10.3. The number of rotatable bonds is 0. The molecule has 0 radical (unpaired) electrons. The van der Waals surface area contributed by atoms with Gasteiger partial charge in [0.05, 0.1) is 0 Å². The van der Waals surface area contributed by atoms with E-state index in [1.54, 1.807) is 18.5 Å². The first-order valence-electron chi connectivity index (χ1n) is 2.89. The average molecular weight is 151 g/mol. The van der Waals surface area contributed by atoms with Gasteiger partial charge < -0.3 is 5.11 Å². The molecule has 0 spiro atoms. The van der Waals surface area contributed by atoms with Gasteiger partial charge in [0.2, 0.25) is 0 Å². The van der Waals surface area contributed by atoms with E-state index in [0.717, 1.165) is 10.1 Å². The molecule has 0 saturated heterocycles. The summed E-state index contributed by atoms with van der Waals surface area (Å²) in [7, 11) is 0. The van der Waals surface area contributed by atoms with E-state index in [0.29, 0.717) is 5.06 Å². The summed E-state index contributed by atoms with van der Waals surface area (Å²) in [5, 5.41) is 10.4. The van der Waals surface area contributed by atoms with Crippen molar-refractivity contribution in [1.82, 2.24) is 4.98 Å². The molecule has 3 heteroatoms. The third kappa shape index (κ3) is 0.752. The SMILES string of the molecule is Oc1cc2cnccc2s1. The molecule has 2 nitrogen and oxygen atoms in total. The second-order valence-corrected chi connectivity index (χ2v) is 3.06. The van der Waals surface area contributed by atoms with Crippen molar-refractivity contribution in [3.63, 3.8) is 0 Å². The summed E-state index contributed by atoms with van der Waals surface area (Å²) in [5.74, 6) is 0. The zero-order valence-corrected chi connectivity index (χ0v) is 5.93. The molecule has 2 aromatic rings. The van der Waals surface area contributed by atoms with Crippen molar-refractivity contribution >= 4 is 21.4 Å². The van der Waals surface area contributed by atoms with Crippen LogP contribution >= 0.6 is 11.3 Å². The first kappa shape index (κ1) is 5.68. The Morgan fingerprint density at radius 2 is 2.40 bits per heavy atom. The average Bonchev–Trinajstić information content (AvgIpc) is 2.27. The number of nitrogens with zero attached hydrogens (tertiary/aromatic N) is 1. The monoisotopic (exact) mass is 151 g/mol. The molecule has 0 atom stereocenters. The highest BCUT2D eigenvalue weighted by Crippen LogP contribution is 2.28. The highest BCUT2D eigenvalue weighted by molar-refractivity contribution is 7.20. The molecule has 0 saturated carbocycles. The van der Waals surface area contributed by atoms with Crippen molar-refractivity contribution in [3.8, 4) is 5.06 Å². The Kier molecular flexibility index (Phi) is 1.11. The largest absolute Gasteiger partial charge is 0.499 e. The minimum atomic E-state index is 0.350. The minimum absolute atomic E-state index is 0.350. The molecule has 0 aliphatic rings. The van der Waals surface area contributed by atoms with Crippen LogP contribution < -0.4 is 0 Å². The molecule has 2 heterocycles. The molecular weight excluding hydrogens is 146 g/mol. The van der Waals surface area contributed by atoms with Crippen LogP contribution in [0.4, 0.5) is 0 Å². The van der Waals surface area contributed by atoms with Crippen molar-refractivity contribution in [3.05, 3.63) is 24.5 Å².